The fraction of sp³-hybridized carbons (Fsp3) is 0.318. The van der Waals surface area contributed by atoms with Crippen LogP contribution in [0, 0.1) is 0 Å². The van der Waals surface area contributed by atoms with Crippen molar-refractivity contribution < 1.29 is 14.3 Å². The van der Waals surface area contributed by atoms with Crippen LogP contribution in [0.15, 0.2) is 47.6 Å². The van der Waals surface area contributed by atoms with Crippen LogP contribution < -0.4 is 9.47 Å². The van der Waals surface area contributed by atoms with E-state index in [9.17, 15) is 4.79 Å². The molecule has 9 heteroatoms. The zero-order valence-corrected chi connectivity index (χ0v) is 20.0. The van der Waals surface area contributed by atoms with Gasteiger partial charge in [-0.15, -0.1) is 10.2 Å². The van der Waals surface area contributed by atoms with E-state index in [0.717, 1.165) is 5.75 Å². The Balaban J connectivity index is 1.74. The molecule has 0 aliphatic carbocycles. The van der Waals surface area contributed by atoms with Crippen molar-refractivity contribution in [3.05, 3.63) is 63.9 Å². The predicted molar refractivity (Wildman–Crippen MR) is 124 cm³/mol. The van der Waals surface area contributed by atoms with Crippen LogP contribution >= 0.6 is 35.0 Å². The summed E-state index contributed by atoms with van der Waals surface area (Å²) in [5.41, 5.74) is 0.436. The van der Waals surface area contributed by atoms with E-state index < -0.39 is 0 Å². The molecule has 0 aliphatic heterocycles. The number of hydrogen-bond donors (Lipinski definition) is 0. The van der Waals surface area contributed by atoms with Gasteiger partial charge in [-0.05, 0) is 63.2 Å². The summed E-state index contributed by atoms with van der Waals surface area (Å²) in [4.78, 5) is 12.6. The molecule has 1 unspecified atom stereocenters. The number of hydrogen-bond acceptors (Lipinski definition) is 6. The van der Waals surface area contributed by atoms with Crippen molar-refractivity contribution in [2.24, 2.45) is 0 Å². The van der Waals surface area contributed by atoms with Gasteiger partial charge in [-0.1, -0.05) is 35.0 Å². The number of carbonyl (C=O) groups excluding carboxylic acids is 1. The number of benzene rings is 2. The Morgan fingerprint density at radius 2 is 1.74 bits per heavy atom. The van der Waals surface area contributed by atoms with Crippen LogP contribution in [-0.4, -0.2) is 33.4 Å². The van der Waals surface area contributed by atoms with Gasteiger partial charge >= 0.3 is 0 Å². The quantitative estimate of drug-likeness (QED) is 0.265. The zero-order valence-electron chi connectivity index (χ0n) is 17.6. The molecule has 1 atom stereocenters. The number of methoxy groups -OCH3 is 1. The summed E-state index contributed by atoms with van der Waals surface area (Å²) >= 11 is 13.4. The number of Topliss-reactive ketones (excluding diaryl/α,β-unsaturated/α-hetero) is 1. The maximum Gasteiger partial charge on any atom is 0.192 e. The minimum absolute atomic E-state index is 0.0867. The number of aromatic nitrogens is 3. The van der Waals surface area contributed by atoms with Gasteiger partial charge in [0, 0.05) is 16.6 Å². The van der Waals surface area contributed by atoms with Crippen molar-refractivity contribution in [2.45, 2.75) is 38.1 Å². The molecule has 0 N–H and O–H groups in total. The number of ether oxygens (including phenoxy) is 2. The van der Waals surface area contributed by atoms with Gasteiger partial charge in [0.2, 0.25) is 0 Å². The fourth-order valence-electron chi connectivity index (χ4n) is 2.98. The lowest BCUT2D eigenvalue weighted by Gasteiger charge is -2.19. The fourth-order valence-corrected chi connectivity index (χ4v) is 4.46. The van der Waals surface area contributed by atoms with E-state index in [1.807, 2.05) is 49.6 Å². The van der Waals surface area contributed by atoms with E-state index in [4.69, 9.17) is 32.7 Å². The van der Waals surface area contributed by atoms with Crippen LogP contribution in [0.2, 0.25) is 10.0 Å². The number of ketones is 1. The molecule has 0 fully saturated rings. The summed E-state index contributed by atoms with van der Waals surface area (Å²) in [5.74, 6) is 2.22. The SMILES string of the molecule is COc1ccc(OC(C)c2nnc(SCC(=O)c3ccc(Cl)cc3Cl)n2C(C)C)cc1. The highest BCUT2D eigenvalue weighted by Crippen LogP contribution is 2.29. The van der Waals surface area contributed by atoms with Crippen molar-refractivity contribution in [2.75, 3.05) is 12.9 Å². The summed E-state index contributed by atoms with van der Waals surface area (Å²) < 4.78 is 13.2. The molecule has 0 bridgehead atoms. The lowest BCUT2D eigenvalue weighted by molar-refractivity contribution is 0.102. The molecule has 0 saturated carbocycles. The van der Waals surface area contributed by atoms with Gasteiger partial charge in [-0.2, -0.15) is 0 Å². The molecule has 2 aromatic carbocycles. The maximum atomic E-state index is 12.6. The van der Waals surface area contributed by atoms with E-state index in [2.05, 4.69) is 10.2 Å². The summed E-state index contributed by atoms with van der Waals surface area (Å²) in [7, 11) is 1.62. The van der Waals surface area contributed by atoms with Gasteiger partial charge in [-0.25, -0.2) is 0 Å². The molecule has 6 nitrogen and oxygen atoms in total. The van der Waals surface area contributed by atoms with E-state index in [-0.39, 0.29) is 23.7 Å². The molecular weight excluding hydrogens is 457 g/mol. The number of rotatable bonds is 9. The van der Waals surface area contributed by atoms with Gasteiger partial charge in [0.25, 0.3) is 0 Å². The molecule has 0 aliphatic rings. The summed E-state index contributed by atoms with van der Waals surface area (Å²) in [6.45, 7) is 5.99. The minimum atomic E-state index is -0.334. The third-order valence-electron chi connectivity index (χ3n) is 4.51. The second kappa shape index (κ2) is 10.4. The Hall–Kier alpha value is -2.22. The largest absolute Gasteiger partial charge is 0.497 e. The van der Waals surface area contributed by atoms with Crippen molar-refractivity contribution in [1.29, 1.82) is 0 Å². The predicted octanol–water partition coefficient (Wildman–Crippen LogP) is 6.29. The number of carbonyl (C=O) groups is 1. The molecule has 0 spiro atoms. The van der Waals surface area contributed by atoms with Crippen molar-refractivity contribution in [3.8, 4) is 11.5 Å². The third-order valence-corrected chi connectivity index (χ3v) is 6.00. The molecule has 1 aromatic heterocycles. The molecule has 164 valence electrons. The van der Waals surface area contributed by atoms with E-state index in [0.29, 0.717) is 32.3 Å². The number of thioether (sulfide) groups is 1. The highest BCUT2D eigenvalue weighted by Gasteiger charge is 2.22. The summed E-state index contributed by atoms with van der Waals surface area (Å²) in [6.07, 6.45) is -0.334. The first-order valence-corrected chi connectivity index (χ1v) is 11.4. The smallest absolute Gasteiger partial charge is 0.192 e. The molecule has 0 amide bonds. The van der Waals surface area contributed by atoms with Crippen molar-refractivity contribution in [1.82, 2.24) is 14.8 Å². The number of halogens is 2. The van der Waals surface area contributed by atoms with Gasteiger partial charge in [0.15, 0.2) is 22.9 Å². The molecule has 1 heterocycles. The lowest BCUT2D eigenvalue weighted by Crippen LogP contribution is -2.14. The standard InChI is InChI=1S/C22H23Cl2N3O3S/c1-13(2)27-21(14(3)30-17-8-6-16(29-4)7-9-17)25-26-22(27)31-12-20(28)18-10-5-15(23)11-19(18)24/h5-11,13-14H,12H2,1-4H3. The Kier molecular flexibility index (Phi) is 7.86. The molecule has 3 rings (SSSR count). The Bertz CT molecular complexity index is 1050. The van der Waals surface area contributed by atoms with E-state index >= 15 is 0 Å². The van der Waals surface area contributed by atoms with Crippen LogP contribution in [0.3, 0.4) is 0 Å². The maximum absolute atomic E-state index is 12.6. The molecule has 3 aromatic rings. The van der Waals surface area contributed by atoms with Crippen LogP contribution in [0.1, 0.15) is 49.1 Å². The monoisotopic (exact) mass is 479 g/mol. The van der Waals surface area contributed by atoms with Crippen LogP contribution in [0.4, 0.5) is 0 Å². The van der Waals surface area contributed by atoms with E-state index in [1.54, 1.807) is 25.3 Å². The molecular formula is C22H23Cl2N3O3S. The average Bonchev–Trinajstić information content (AvgIpc) is 3.17. The molecule has 0 saturated heterocycles. The van der Waals surface area contributed by atoms with Crippen molar-refractivity contribution >= 4 is 40.7 Å². The van der Waals surface area contributed by atoms with Gasteiger partial charge in [0.1, 0.15) is 11.5 Å². The second-order valence-electron chi connectivity index (χ2n) is 7.08. The first-order valence-electron chi connectivity index (χ1n) is 9.66. The Morgan fingerprint density at radius 1 is 1.06 bits per heavy atom. The first kappa shape index (κ1) is 23.4. The Labute approximate surface area is 195 Å². The lowest BCUT2D eigenvalue weighted by atomic mass is 10.1. The minimum Gasteiger partial charge on any atom is -0.497 e. The van der Waals surface area contributed by atoms with E-state index in [1.165, 1.54) is 11.8 Å². The number of nitrogens with zero attached hydrogens (tertiary/aromatic N) is 3. The normalized spacial score (nSPS) is 12.1. The Morgan fingerprint density at radius 3 is 2.35 bits per heavy atom. The highest BCUT2D eigenvalue weighted by atomic mass is 35.5. The van der Waals surface area contributed by atoms with Gasteiger partial charge in [0.05, 0.1) is 17.9 Å². The van der Waals surface area contributed by atoms with Crippen LogP contribution in [0.5, 0.6) is 11.5 Å². The first-order chi connectivity index (χ1) is 14.8. The van der Waals surface area contributed by atoms with Crippen molar-refractivity contribution in [3.63, 3.8) is 0 Å². The zero-order chi connectivity index (χ0) is 22.5. The van der Waals surface area contributed by atoms with Crippen LogP contribution in [-0.2, 0) is 0 Å². The summed E-state index contributed by atoms with van der Waals surface area (Å²) in [5, 5.41) is 10.1. The van der Waals surface area contributed by atoms with Crippen LogP contribution in [0.25, 0.3) is 0 Å². The average molecular weight is 480 g/mol. The summed E-state index contributed by atoms with van der Waals surface area (Å²) in [6, 6.07) is 12.3. The van der Waals surface area contributed by atoms with Gasteiger partial charge in [-0.3, -0.25) is 4.79 Å². The highest BCUT2D eigenvalue weighted by molar-refractivity contribution is 7.99. The second-order valence-corrected chi connectivity index (χ2v) is 8.86. The topological polar surface area (TPSA) is 66.2 Å². The molecule has 31 heavy (non-hydrogen) atoms. The van der Waals surface area contributed by atoms with Gasteiger partial charge < -0.3 is 14.0 Å². The molecule has 0 radical (unpaired) electrons. The third kappa shape index (κ3) is 5.73.